The van der Waals surface area contributed by atoms with Gasteiger partial charge in [0.25, 0.3) is 5.95 Å². The fraction of sp³-hybridized carbons (Fsp3) is 0.0833. The number of nitrogens with two attached hydrogens (primary N) is 2. The lowest BCUT2D eigenvalue weighted by Gasteiger charge is -2.11. The highest BCUT2D eigenvalue weighted by Gasteiger charge is 2.21. The van der Waals surface area contributed by atoms with E-state index in [-0.39, 0.29) is 28.7 Å². The normalized spacial score (nSPS) is 11.3. The minimum atomic E-state index is -1.34. The van der Waals surface area contributed by atoms with E-state index in [0.717, 1.165) is 17.8 Å². The average Bonchev–Trinajstić information content (AvgIpc) is 3.16. The van der Waals surface area contributed by atoms with Gasteiger partial charge in [0.2, 0.25) is 0 Å². The number of anilines is 2. The van der Waals surface area contributed by atoms with Crippen LogP contribution in [0.3, 0.4) is 0 Å². The van der Waals surface area contributed by atoms with Gasteiger partial charge in [0.1, 0.15) is 23.3 Å². The second kappa shape index (κ2) is 8.35. The van der Waals surface area contributed by atoms with Crippen LogP contribution in [-0.2, 0) is 6.42 Å². The Kier molecular flexibility index (Phi) is 5.31. The Morgan fingerprint density at radius 3 is 2.31 bits per heavy atom. The van der Waals surface area contributed by atoms with Crippen molar-refractivity contribution in [3.63, 3.8) is 0 Å². The van der Waals surface area contributed by atoms with Crippen LogP contribution in [0.25, 0.3) is 28.0 Å². The lowest BCUT2D eigenvalue weighted by atomic mass is 10.1. The minimum Gasteiger partial charge on any atom is -0.383 e. The zero-order chi connectivity index (χ0) is 24.9. The lowest BCUT2D eigenvalue weighted by molar-refractivity contribution is 0.482. The molecule has 2 aromatic carbocycles. The van der Waals surface area contributed by atoms with Gasteiger partial charge < -0.3 is 11.5 Å². The number of halogens is 4. The number of hydrogen-bond acceptors (Lipinski definition) is 6. The number of benzene rings is 2. The Bertz CT molecular complexity index is 1590. The van der Waals surface area contributed by atoms with Gasteiger partial charge in [0.15, 0.2) is 11.6 Å². The monoisotopic (exact) mass is 479 g/mol. The number of fused-ring (bicyclic) bond motifs is 1. The van der Waals surface area contributed by atoms with Gasteiger partial charge in [0.05, 0.1) is 16.8 Å². The molecule has 0 amide bonds. The fourth-order valence-corrected chi connectivity index (χ4v) is 3.91. The first-order valence-electron chi connectivity index (χ1n) is 10.4. The van der Waals surface area contributed by atoms with Crippen molar-refractivity contribution in [3.8, 4) is 17.1 Å². The van der Waals surface area contributed by atoms with Gasteiger partial charge in [-0.3, -0.25) is 4.98 Å². The number of rotatable bonds is 4. The maximum atomic E-state index is 14.3. The largest absolute Gasteiger partial charge is 0.383 e. The summed E-state index contributed by atoms with van der Waals surface area (Å²) >= 11 is 0. The Hall–Kier alpha value is -4.54. The summed E-state index contributed by atoms with van der Waals surface area (Å²) in [5, 5.41) is 4.59. The number of nitrogen functional groups attached to an aromatic ring is 2. The molecular formula is C24H17F4N7. The molecule has 0 fully saturated rings. The van der Waals surface area contributed by atoms with E-state index < -0.39 is 35.3 Å². The Morgan fingerprint density at radius 1 is 0.886 bits per heavy atom. The summed E-state index contributed by atoms with van der Waals surface area (Å²) < 4.78 is 57.6. The van der Waals surface area contributed by atoms with Gasteiger partial charge in [0, 0.05) is 29.3 Å². The molecule has 11 heteroatoms. The highest BCUT2D eigenvalue weighted by Crippen LogP contribution is 2.32. The van der Waals surface area contributed by atoms with Crippen LogP contribution >= 0.6 is 0 Å². The van der Waals surface area contributed by atoms with Gasteiger partial charge in [-0.05, 0) is 55.0 Å². The SMILES string of the molecule is Cc1cc(-c2c(N)nc(-n3nc(Cc4c(F)ccc(F)c4F)c4cc(F)ccc43)nc2N)ccn1. The number of aryl methyl sites for hydroxylation is 1. The quantitative estimate of drug-likeness (QED) is 0.290. The first-order chi connectivity index (χ1) is 16.7. The van der Waals surface area contributed by atoms with Crippen LogP contribution in [-0.4, -0.2) is 24.7 Å². The average molecular weight is 479 g/mol. The third-order valence-electron chi connectivity index (χ3n) is 5.53. The van der Waals surface area contributed by atoms with E-state index in [1.807, 2.05) is 6.92 Å². The summed E-state index contributed by atoms with van der Waals surface area (Å²) in [5.74, 6) is -4.00. The van der Waals surface area contributed by atoms with Crippen LogP contribution in [0, 0.1) is 30.2 Å². The van der Waals surface area contributed by atoms with Crippen LogP contribution in [0.15, 0.2) is 48.7 Å². The van der Waals surface area contributed by atoms with Crippen LogP contribution < -0.4 is 11.5 Å². The summed E-state index contributed by atoms with van der Waals surface area (Å²) in [4.78, 5) is 12.8. The molecule has 0 aliphatic carbocycles. The first kappa shape index (κ1) is 22.3. The molecule has 176 valence electrons. The van der Waals surface area contributed by atoms with Crippen molar-refractivity contribution in [1.82, 2.24) is 24.7 Å². The molecule has 0 unspecified atom stereocenters. The molecule has 5 rings (SSSR count). The fourth-order valence-electron chi connectivity index (χ4n) is 3.91. The molecule has 0 aliphatic rings. The number of aromatic nitrogens is 5. The zero-order valence-corrected chi connectivity index (χ0v) is 18.2. The first-order valence-corrected chi connectivity index (χ1v) is 10.4. The predicted octanol–water partition coefficient (Wildman–Crippen LogP) is 4.50. The molecule has 0 bridgehead atoms. The second-order valence-electron chi connectivity index (χ2n) is 7.87. The van der Waals surface area contributed by atoms with E-state index in [1.54, 1.807) is 18.3 Å². The van der Waals surface area contributed by atoms with Crippen LogP contribution in [0.1, 0.15) is 17.0 Å². The maximum absolute atomic E-state index is 14.3. The summed E-state index contributed by atoms with van der Waals surface area (Å²) in [5.41, 5.74) is 14.1. The summed E-state index contributed by atoms with van der Waals surface area (Å²) in [6.07, 6.45) is 1.16. The van der Waals surface area contributed by atoms with E-state index in [0.29, 0.717) is 22.7 Å². The molecule has 0 radical (unpaired) electrons. The van der Waals surface area contributed by atoms with Gasteiger partial charge in [-0.2, -0.15) is 19.7 Å². The van der Waals surface area contributed by atoms with Crippen molar-refractivity contribution in [2.24, 2.45) is 0 Å². The van der Waals surface area contributed by atoms with E-state index >= 15 is 0 Å². The number of nitrogens with zero attached hydrogens (tertiary/aromatic N) is 5. The smallest absolute Gasteiger partial charge is 0.255 e. The molecule has 0 saturated carbocycles. The Morgan fingerprint density at radius 2 is 1.60 bits per heavy atom. The van der Waals surface area contributed by atoms with E-state index in [4.69, 9.17) is 11.5 Å². The Labute approximate surface area is 196 Å². The molecule has 0 spiro atoms. The van der Waals surface area contributed by atoms with Gasteiger partial charge in [-0.25, -0.2) is 17.6 Å². The van der Waals surface area contributed by atoms with Crippen molar-refractivity contribution in [1.29, 1.82) is 0 Å². The third-order valence-corrected chi connectivity index (χ3v) is 5.53. The number of hydrogen-bond donors (Lipinski definition) is 2. The van der Waals surface area contributed by atoms with Gasteiger partial charge >= 0.3 is 0 Å². The topological polar surface area (TPSA) is 109 Å². The predicted molar refractivity (Wildman–Crippen MR) is 123 cm³/mol. The van der Waals surface area contributed by atoms with Gasteiger partial charge in [-0.1, -0.05) is 0 Å². The number of pyridine rings is 1. The van der Waals surface area contributed by atoms with Crippen molar-refractivity contribution < 1.29 is 17.6 Å². The molecule has 35 heavy (non-hydrogen) atoms. The van der Waals surface area contributed by atoms with Crippen LogP contribution in [0.4, 0.5) is 29.2 Å². The molecule has 3 aromatic heterocycles. The van der Waals surface area contributed by atoms with Crippen LogP contribution in [0.2, 0.25) is 0 Å². The molecule has 3 heterocycles. The lowest BCUT2D eigenvalue weighted by Crippen LogP contribution is -2.10. The summed E-state index contributed by atoms with van der Waals surface area (Å²) in [6, 6.07) is 8.75. The minimum absolute atomic E-state index is 0.0300. The van der Waals surface area contributed by atoms with Crippen molar-refractivity contribution in [2.45, 2.75) is 13.3 Å². The Balaban J connectivity index is 1.67. The van der Waals surface area contributed by atoms with Crippen molar-refractivity contribution in [3.05, 3.63) is 88.9 Å². The summed E-state index contributed by atoms with van der Waals surface area (Å²) in [6.45, 7) is 1.81. The van der Waals surface area contributed by atoms with E-state index in [9.17, 15) is 17.6 Å². The molecule has 7 nitrogen and oxygen atoms in total. The summed E-state index contributed by atoms with van der Waals surface area (Å²) in [7, 11) is 0. The molecule has 0 aliphatic heterocycles. The molecular weight excluding hydrogens is 462 g/mol. The van der Waals surface area contributed by atoms with Crippen LogP contribution in [0.5, 0.6) is 0 Å². The van der Waals surface area contributed by atoms with E-state index in [1.165, 1.54) is 16.8 Å². The molecule has 5 aromatic rings. The molecule has 0 atom stereocenters. The second-order valence-corrected chi connectivity index (χ2v) is 7.87. The molecule has 0 saturated heterocycles. The third kappa shape index (κ3) is 3.90. The van der Waals surface area contributed by atoms with E-state index in [2.05, 4.69) is 20.1 Å². The maximum Gasteiger partial charge on any atom is 0.255 e. The standard InChI is InChI=1S/C24H17F4N7/c1-11-8-12(6-7-31-11)20-22(29)32-24(33-23(20)30)35-19-5-2-13(25)9-15(19)18(34-35)10-14-16(26)3-4-17(27)21(14)28/h2-9H,10H2,1H3,(H4,29,30,32,33). The van der Waals surface area contributed by atoms with Gasteiger partial charge in [-0.15, -0.1) is 0 Å². The molecule has 4 N–H and O–H groups in total. The van der Waals surface area contributed by atoms with Crippen molar-refractivity contribution in [2.75, 3.05) is 11.5 Å². The zero-order valence-electron chi connectivity index (χ0n) is 18.2. The van der Waals surface area contributed by atoms with Crippen molar-refractivity contribution >= 4 is 22.5 Å². The highest BCUT2D eigenvalue weighted by atomic mass is 19.2. The highest BCUT2D eigenvalue weighted by molar-refractivity contribution is 5.85.